The molecule has 0 saturated heterocycles. The number of anilines is 1. The van der Waals surface area contributed by atoms with Crippen LogP contribution >= 0.6 is 7.52 Å². The summed E-state index contributed by atoms with van der Waals surface area (Å²) < 4.78 is 17.9. The van der Waals surface area contributed by atoms with Gasteiger partial charge in [0.15, 0.2) is 11.5 Å². The Bertz CT molecular complexity index is 623. The van der Waals surface area contributed by atoms with Gasteiger partial charge in [-0.3, -0.25) is 10.1 Å². The second-order valence-corrected chi connectivity index (χ2v) is 5.96. The van der Waals surface area contributed by atoms with Crippen LogP contribution in [0.2, 0.25) is 0 Å². The first-order valence-electron chi connectivity index (χ1n) is 5.50. The van der Waals surface area contributed by atoms with E-state index in [9.17, 15) is 4.57 Å². The van der Waals surface area contributed by atoms with Gasteiger partial charge in [0.1, 0.15) is 18.2 Å². The molecule has 0 aromatic carbocycles. The zero-order chi connectivity index (χ0) is 14.0. The molecule has 5 N–H and O–H groups in total. The van der Waals surface area contributed by atoms with Crippen molar-refractivity contribution in [2.75, 3.05) is 12.1 Å². The van der Waals surface area contributed by atoms with Crippen molar-refractivity contribution in [1.82, 2.24) is 19.5 Å². The van der Waals surface area contributed by atoms with Gasteiger partial charge in [-0.15, -0.1) is 0 Å². The van der Waals surface area contributed by atoms with Crippen LogP contribution in [0.4, 0.5) is 5.82 Å². The molecule has 2 atom stereocenters. The lowest BCUT2D eigenvalue weighted by molar-refractivity contribution is 0.0825. The molecule has 9 nitrogen and oxygen atoms in total. The fraction of sp³-hybridized carbons (Fsp3) is 0.444. The molecule has 2 rings (SSSR count). The normalized spacial score (nSPS) is 16.4. The summed E-state index contributed by atoms with van der Waals surface area (Å²) in [5.41, 5.74) is 11.8. The second kappa shape index (κ2) is 5.22. The van der Waals surface area contributed by atoms with Gasteiger partial charge in [-0.25, -0.2) is 15.0 Å². The van der Waals surface area contributed by atoms with Gasteiger partial charge >= 0.3 is 0 Å². The molecule has 0 aliphatic rings. The third-order valence-electron chi connectivity index (χ3n) is 2.43. The van der Waals surface area contributed by atoms with Crippen molar-refractivity contribution < 1.29 is 14.2 Å². The monoisotopic (exact) mass is 286 g/mol. The molecule has 19 heavy (non-hydrogen) atoms. The summed E-state index contributed by atoms with van der Waals surface area (Å²) in [6.45, 7) is 2.17. The quantitative estimate of drug-likeness (QED) is 0.647. The number of hydrogen-bond acceptors (Lipinski definition) is 6. The van der Waals surface area contributed by atoms with Crippen molar-refractivity contribution in [3.8, 4) is 0 Å². The first-order valence-corrected chi connectivity index (χ1v) is 7.41. The van der Waals surface area contributed by atoms with E-state index in [1.807, 2.05) is 0 Å². The highest BCUT2D eigenvalue weighted by atomic mass is 31.2. The Morgan fingerprint density at radius 1 is 1.53 bits per heavy atom. The number of ether oxygens (including phenoxy) is 1. The van der Waals surface area contributed by atoms with Gasteiger partial charge in [0.05, 0.1) is 19.0 Å². The van der Waals surface area contributed by atoms with Crippen LogP contribution < -0.4 is 11.2 Å². The maximum atomic E-state index is 10.9. The minimum atomic E-state index is -3.66. The molecule has 0 radical (unpaired) electrons. The van der Waals surface area contributed by atoms with E-state index in [-0.39, 0.29) is 6.10 Å². The van der Waals surface area contributed by atoms with Crippen molar-refractivity contribution in [3.05, 3.63) is 12.7 Å². The van der Waals surface area contributed by atoms with Crippen LogP contribution in [0.25, 0.3) is 11.2 Å². The Morgan fingerprint density at radius 2 is 2.26 bits per heavy atom. The van der Waals surface area contributed by atoms with E-state index in [2.05, 4.69) is 15.0 Å². The lowest BCUT2D eigenvalue weighted by atomic mass is 10.4. The van der Waals surface area contributed by atoms with E-state index in [1.165, 1.54) is 6.33 Å². The van der Waals surface area contributed by atoms with Crippen LogP contribution in [-0.2, 0) is 15.8 Å². The lowest BCUT2D eigenvalue weighted by Crippen LogP contribution is -2.18. The van der Waals surface area contributed by atoms with Crippen molar-refractivity contribution >= 4 is 24.5 Å². The molecule has 0 amide bonds. The number of nitrogens with two attached hydrogens (primary N) is 2. The van der Waals surface area contributed by atoms with Crippen LogP contribution in [0.5, 0.6) is 0 Å². The van der Waals surface area contributed by atoms with Crippen LogP contribution in [0.1, 0.15) is 6.92 Å². The van der Waals surface area contributed by atoms with Gasteiger partial charge in [-0.05, 0) is 6.92 Å². The van der Waals surface area contributed by atoms with Gasteiger partial charge in [-0.2, -0.15) is 0 Å². The number of nitrogens with zero attached hydrogens (tertiary/aromatic N) is 4. The van der Waals surface area contributed by atoms with E-state index in [1.54, 1.807) is 17.8 Å². The van der Waals surface area contributed by atoms with E-state index < -0.39 is 13.9 Å². The van der Waals surface area contributed by atoms with Gasteiger partial charge in [0.25, 0.3) is 7.52 Å². The number of rotatable bonds is 5. The molecule has 0 bridgehead atoms. The molecule has 0 aliphatic carbocycles. The van der Waals surface area contributed by atoms with Crippen LogP contribution in [0.3, 0.4) is 0 Å². The van der Waals surface area contributed by atoms with E-state index in [0.717, 1.165) is 0 Å². The molecule has 2 aromatic rings. The number of aromatic nitrogens is 4. The molecule has 0 spiro atoms. The summed E-state index contributed by atoms with van der Waals surface area (Å²) in [7, 11) is -3.66. The number of nitrogen functional groups attached to an aromatic ring is 1. The molecular weight excluding hydrogens is 271 g/mol. The van der Waals surface area contributed by atoms with Gasteiger partial charge < -0.3 is 19.9 Å². The van der Waals surface area contributed by atoms with Gasteiger partial charge in [0, 0.05) is 0 Å². The molecule has 10 heteroatoms. The second-order valence-electron chi connectivity index (χ2n) is 4.19. The van der Waals surface area contributed by atoms with Crippen molar-refractivity contribution in [3.63, 3.8) is 0 Å². The van der Waals surface area contributed by atoms with Gasteiger partial charge in [-0.1, -0.05) is 0 Å². The van der Waals surface area contributed by atoms with Crippen molar-refractivity contribution in [2.24, 2.45) is 5.50 Å². The zero-order valence-corrected chi connectivity index (χ0v) is 11.2. The van der Waals surface area contributed by atoms with Crippen molar-refractivity contribution in [1.29, 1.82) is 0 Å². The Labute approximate surface area is 109 Å². The van der Waals surface area contributed by atoms with Crippen LogP contribution in [0.15, 0.2) is 12.7 Å². The summed E-state index contributed by atoms with van der Waals surface area (Å²) in [6.07, 6.45) is 2.20. The Balaban J connectivity index is 2.09. The number of fused-ring (bicyclic) bond motifs is 1. The summed E-state index contributed by atoms with van der Waals surface area (Å²) in [4.78, 5) is 21.0. The Morgan fingerprint density at radius 3 is 2.95 bits per heavy atom. The van der Waals surface area contributed by atoms with E-state index in [4.69, 9.17) is 20.9 Å². The van der Waals surface area contributed by atoms with Crippen molar-refractivity contribution in [2.45, 2.75) is 19.6 Å². The molecule has 2 aromatic heterocycles. The molecule has 0 saturated carbocycles. The molecular formula is C9H15N6O3P. The maximum Gasteiger partial charge on any atom is 0.289 e. The molecule has 0 fully saturated rings. The Hall–Kier alpha value is -1.54. The summed E-state index contributed by atoms with van der Waals surface area (Å²) in [5, 5.41) is 0. The Kier molecular flexibility index (Phi) is 3.81. The first kappa shape index (κ1) is 13.9. The van der Waals surface area contributed by atoms with E-state index in [0.29, 0.717) is 23.5 Å². The predicted molar refractivity (Wildman–Crippen MR) is 69.2 cm³/mol. The molecule has 1 unspecified atom stereocenters. The topological polar surface area (TPSA) is 142 Å². The zero-order valence-electron chi connectivity index (χ0n) is 10.3. The average molecular weight is 286 g/mol. The number of imidazole rings is 1. The fourth-order valence-corrected chi connectivity index (χ4v) is 2.06. The minimum Gasteiger partial charge on any atom is -0.382 e. The largest absolute Gasteiger partial charge is 0.382 e. The minimum absolute atomic E-state index is 0.305. The predicted octanol–water partition coefficient (Wildman–Crippen LogP) is -0.0848. The van der Waals surface area contributed by atoms with Gasteiger partial charge in [0.2, 0.25) is 0 Å². The first-order chi connectivity index (χ1) is 8.87. The standard InChI is InChI=1S/C9H15N6O3P/c1-6(18-5-19(11,16)17)2-15-4-14-7-8(10)12-3-13-9(7)15/h3-4,6H,2,5H2,1H3,(H2,10,12,13)(H3,11,16,17)/t6-/m1/s1. The highest BCUT2D eigenvalue weighted by molar-refractivity contribution is 7.55. The van der Waals surface area contributed by atoms with E-state index >= 15 is 0 Å². The summed E-state index contributed by atoms with van der Waals surface area (Å²) >= 11 is 0. The van der Waals surface area contributed by atoms with Crippen LogP contribution in [0, 0.1) is 0 Å². The highest BCUT2D eigenvalue weighted by Crippen LogP contribution is 2.29. The SMILES string of the molecule is C[C@H](Cn1cnc2c(N)ncnc21)OCP(N)(=O)O. The lowest BCUT2D eigenvalue weighted by Gasteiger charge is -2.14. The fourth-order valence-electron chi connectivity index (χ4n) is 1.60. The average Bonchev–Trinajstić information content (AvgIpc) is 2.71. The molecule has 0 aliphatic heterocycles. The van der Waals surface area contributed by atoms with Crippen LogP contribution in [-0.4, -0.2) is 36.9 Å². The summed E-state index contributed by atoms with van der Waals surface area (Å²) in [6, 6.07) is 0. The number of hydrogen-bond donors (Lipinski definition) is 3. The maximum absolute atomic E-state index is 10.9. The third kappa shape index (κ3) is 3.48. The third-order valence-corrected chi connectivity index (χ3v) is 2.95. The highest BCUT2D eigenvalue weighted by Gasteiger charge is 2.15. The molecule has 104 valence electrons. The smallest absolute Gasteiger partial charge is 0.289 e. The summed E-state index contributed by atoms with van der Waals surface area (Å²) in [5.74, 6) is 0.305. The molecule has 2 heterocycles.